The molecular weight excluding hydrogens is 345 g/mol. The minimum absolute atomic E-state index is 0. The molecule has 0 spiro atoms. The highest BCUT2D eigenvalue weighted by molar-refractivity contribution is 7.91. The van der Waals surface area contributed by atoms with Crippen LogP contribution in [0.4, 0.5) is 4.39 Å². The third kappa shape index (κ3) is 5.44. The monoisotopic (exact) mass is 365 g/mol. The van der Waals surface area contributed by atoms with E-state index in [4.69, 9.17) is 0 Å². The van der Waals surface area contributed by atoms with Crippen LogP contribution in [-0.4, -0.2) is 49.3 Å². The molecule has 8 heteroatoms. The zero-order valence-corrected chi connectivity index (χ0v) is 14.3. The smallest absolute Gasteiger partial charge is 0.320 e. The van der Waals surface area contributed by atoms with Crippen molar-refractivity contribution in [3.8, 4) is 0 Å². The Kier molecular flexibility index (Phi) is 7.44. The molecule has 1 unspecified atom stereocenters. The standard InChI is InChI=1S/C15H20FNO4S.ClH/c16-12-5-7-13(8-6-12)22(20,21)11-3-10-17-9-2-1-4-14(17)15(18)19;/h5-8,14H,1-4,9-11H2,(H,18,19);1H. The lowest BCUT2D eigenvalue weighted by Crippen LogP contribution is -2.45. The van der Waals surface area contributed by atoms with Gasteiger partial charge in [-0.3, -0.25) is 9.69 Å². The van der Waals surface area contributed by atoms with Crippen LogP contribution in [0.25, 0.3) is 0 Å². The fourth-order valence-corrected chi connectivity index (χ4v) is 4.05. The van der Waals surface area contributed by atoms with E-state index >= 15 is 0 Å². The Bertz CT molecular complexity index is 621. The molecular formula is C15H21ClFNO4S. The minimum atomic E-state index is -3.46. The molecule has 0 bridgehead atoms. The molecule has 1 saturated heterocycles. The van der Waals surface area contributed by atoms with Crippen molar-refractivity contribution in [1.82, 2.24) is 4.90 Å². The molecule has 1 atom stereocenters. The molecule has 130 valence electrons. The van der Waals surface area contributed by atoms with E-state index in [1.807, 2.05) is 4.90 Å². The van der Waals surface area contributed by atoms with Crippen molar-refractivity contribution in [1.29, 1.82) is 0 Å². The Morgan fingerprint density at radius 2 is 1.91 bits per heavy atom. The minimum Gasteiger partial charge on any atom is -0.480 e. The molecule has 5 nitrogen and oxygen atoms in total. The third-order valence-electron chi connectivity index (χ3n) is 3.93. The number of hydrogen-bond acceptors (Lipinski definition) is 4. The number of likely N-dealkylation sites (tertiary alicyclic amines) is 1. The van der Waals surface area contributed by atoms with Gasteiger partial charge in [-0.05, 0) is 56.6 Å². The van der Waals surface area contributed by atoms with Crippen molar-refractivity contribution in [3.63, 3.8) is 0 Å². The number of halogens is 2. The Morgan fingerprint density at radius 3 is 2.52 bits per heavy atom. The molecule has 0 radical (unpaired) electrons. The van der Waals surface area contributed by atoms with Crippen LogP contribution < -0.4 is 0 Å². The fourth-order valence-electron chi connectivity index (χ4n) is 2.76. The topological polar surface area (TPSA) is 74.7 Å². The zero-order valence-electron chi connectivity index (χ0n) is 12.7. The summed E-state index contributed by atoms with van der Waals surface area (Å²) in [5.41, 5.74) is 0. The maximum absolute atomic E-state index is 12.8. The summed E-state index contributed by atoms with van der Waals surface area (Å²) >= 11 is 0. The van der Waals surface area contributed by atoms with Crippen LogP contribution in [0.2, 0.25) is 0 Å². The van der Waals surface area contributed by atoms with Gasteiger partial charge in [-0.2, -0.15) is 0 Å². The number of piperidine rings is 1. The lowest BCUT2D eigenvalue weighted by molar-refractivity contribution is -0.144. The summed E-state index contributed by atoms with van der Waals surface area (Å²) in [5, 5.41) is 9.18. The molecule has 1 aliphatic heterocycles. The molecule has 0 amide bonds. The maximum Gasteiger partial charge on any atom is 0.320 e. The summed E-state index contributed by atoms with van der Waals surface area (Å²) in [7, 11) is -3.46. The average Bonchev–Trinajstić information content (AvgIpc) is 2.48. The van der Waals surface area contributed by atoms with Crippen LogP contribution in [0.1, 0.15) is 25.7 Å². The highest BCUT2D eigenvalue weighted by Gasteiger charge is 2.28. The number of aliphatic carboxylic acids is 1. The van der Waals surface area contributed by atoms with Gasteiger partial charge in [0.15, 0.2) is 9.84 Å². The Labute approximate surface area is 141 Å². The normalized spacial score (nSPS) is 19.1. The Hall–Kier alpha value is -1.18. The number of benzene rings is 1. The van der Waals surface area contributed by atoms with E-state index in [0.717, 1.165) is 25.0 Å². The zero-order chi connectivity index (χ0) is 16.2. The highest BCUT2D eigenvalue weighted by atomic mass is 35.5. The van der Waals surface area contributed by atoms with Gasteiger partial charge in [-0.15, -0.1) is 12.4 Å². The molecule has 0 aliphatic carbocycles. The van der Waals surface area contributed by atoms with Gasteiger partial charge in [-0.1, -0.05) is 6.42 Å². The molecule has 1 heterocycles. The van der Waals surface area contributed by atoms with E-state index in [1.54, 1.807) is 0 Å². The van der Waals surface area contributed by atoms with E-state index in [2.05, 4.69) is 0 Å². The molecule has 0 aromatic heterocycles. The first-order chi connectivity index (χ1) is 10.4. The first-order valence-corrected chi connectivity index (χ1v) is 9.00. The summed E-state index contributed by atoms with van der Waals surface area (Å²) in [6.45, 7) is 1.13. The van der Waals surface area contributed by atoms with Gasteiger partial charge < -0.3 is 5.11 Å². The Morgan fingerprint density at radius 1 is 1.26 bits per heavy atom. The number of nitrogens with zero attached hydrogens (tertiary/aromatic N) is 1. The summed E-state index contributed by atoms with van der Waals surface area (Å²) in [5.74, 6) is -1.39. The van der Waals surface area contributed by atoms with Crippen molar-refractivity contribution in [2.75, 3.05) is 18.8 Å². The summed E-state index contributed by atoms with van der Waals surface area (Å²) in [6.07, 6.45) is 2.80. The molecule has 1 aromatic carbocycles. The van der Waals surface area contributed by atoms with Gasteiger partial charge >= 0.3 is 5.97 Å². The van der Waals surface area contributed by atoms with E-state index in [-0.39, 0.29) is 23.1 Å². The number of rotatable bonds is 6. The van der Waals surface area contributed by atoms with E-state index in [0.29, 0.717) is 25.9 Å². The Balaban J connectivity index is 0.00000264. The number of sulfone groups is 1. The largest absolute Gasteiger partial charge is 0.480 e. The molecule has 0 saturated carbocycles. The van der Waals surface area contributed by atoms with Crippen molar-refractivity contribution in [3.05, 3.63) is 30.1 Å². The van der Waals surface area contributed by atoms with Crippen LogP contribution in [0.5, 0.6) is 0 Å². The van der Waals surface area contributed by atoms with Gasteiger partial charge in [0, 0.05) is 0 Å². The lowest BCUT2D eigenvalue weighted by atomic mass is 10.0. The SMILES string of the molecule is Cl.O=C(O)C1CCCCN1CCCS(=O)(=O)c1ccc(F)cc1. The first-order valence-electron chi connectivity index (χ1n) is 7.35. The van der Waals surface area contributed by atoms with E-state index in [9.17, 15) is 22.7 Å². The van der Waals surface area contributed by atoms with Gasteiger partial charge in [-0.25, -0.2) is 12.8 Å². The second-order valence-corrected chi connectivity index (χ2v) is 7.62. The average molecular weight is 366 g/mol. The van der Waals surface area contributed by atoms with Gasteiger partial charge in [0.05, 0.1) is 10.6 Å². The summed E-state index contributed by atoms with van der Waals surface area (Å²) < 4.78 is 37.1. The molecule has 23 heavy (non-hydrogen) atoms. The van der Waals surface area contributed by atoms with Crippen molar-refractivity contribution >= 4 is 28.2 Å². The number of carboxylic acid groups (broad SMARTS) is 1. The maximum atomic E-state index is 12.8. The fraction of sp³-hybridized carbons (Fsp3) is 0.533. The van der Waals surface area contributed by atoms with Crippen LogP contribution in [0, 0.1) is 5.82 Å². The second kappa shape index (κ2) is 8.61. The van der Waals surface area contributed by atoms with Crippen molar-refractivity contribution in [2.45, 2.75) is 36.6 Å². The summed E-state index contributed by atoms with van der Waals surface area (Å²) in [6, 6.07) is 4.25. The van der Waals surface area contributed by atoms with Crippen LogP contribution in [-0.2, 0) is 14.6 Å². The van der Waals surface area contributed by atoms with Gasteiger partial charge in [0.25, 0.3) is 0 Å². The quantitative estimate of drug-likeness (QED) is 0.783. The van der Waals surface area contributed by atoms with Gasteiger partial charge in [0.2, 0.25) is 0 Å². The van der Waals surface area contributed by atoms with Crippen LogP contribution in [0.15, 0.2) is 29.2 Å². The molecule has 1 aliphatic rings. The molecule has 1 fully saturated rings. The van der Waals surface area contributed by atoms with Crippen LogP contribution >= 0.6 is 12.4 Å². The second-order valence-electron chi connectivity index (χ2n) is 5.51. The lowest BCUT2D eigenvalue weighted by Gasteiger charge is -2.32. The molecule has 1 N–H and O–H groups in total. The third-order valence-corrected chi connectivity index (χ3v) is 5.75. The predicted molar refractivity (Wildman–Crippen MR) is 87.2 cm³/mol. The first kappa shape index (κ1) is 19.9. The van der Waals surface area contributed by atoms with Crippen molar-refractivity contribution < 1.29 is 22.7 Å². The number of hydrogen-bond donors (Lipinski definition) is 1. The van der Waals surface area contributed by atoms with E-state index < -0.39 is 27.7 Å². The van der Waals surface area contributed by atoms with Crippen LogP contribution in [0.3, 0.4) is 0 Å². The number of carbonyl (C=O) groups is 1. The van der Waals surface area contributed by atoms with Crippen molar-refractivity contribution in [2.24, 2.45) is 0 Å². The van der Waals surface area contributed by atoms with E-state index in [1.165, 1.54) is 12.1 Å². The predicted octanol–water partition coefficient (Wildman–Crippen LogP) is 2.35. The van der Waals surface area contributed by atoms with Gasteiger partial charge in [0.1, 0.15) is 11.9 Å². The highest BCUT2D eigenvalue weighted by Crippen LogP contribution is 2.18. The molecule has 1 aromatic rings. The molecule has 2 rings (SSSR count). The number of carboxylic acids is 1. The summed E-state index contributed by atoms with van der Waals surface area (Å²) in [4.78, 5) is 13.1.